The van der Waals surface area contributed by atoms with Crippen molar-refractivity contribution in [3.05, 3.63) is 48.6 Å². The van der Waals surface area contributed by atoms with E-state index in [1.54, 1.807) is 24.3 Å². The van der Waals surface area contributed by atoms with Crippen LogP contribution >= 0.6 is 0 Å². The maximum atomic E-state index is 11.3. The molecular formula is C12H15NO3. The van der Waals surface area contributed by atoms with Crippen molar-refractivity contribution < 1.29 is 14.6 Å². The van der Waals surface area contributed by atoms with Crippen LogP contribution < -0.4 is 5.73 Å². The Labute approximate surface area is 94.3 Å². The fraction of sp³-hybridized carbons (Fsp3) is 0.250. The predicted octanol–water partition coefficient (Wildman–Crippen LogP) is 0.776. The first-order chi connectivity index (χ1) is 7.66. The second-order valence-electron chi connectivity index (χ2n) is 3.30. The normalized spacial score (nSPS) is 13.9. The molecule has 86 valence electrons. The number of benzene rings is 1. The van der Waals surface area contributed by atoms with E-state index in [-0.39, 0.29) is 6.61 Å². The first kappa shape index (κ1) is 12.4. The highest BCUT2D eigenvalue weighted by Gasteiger charge is 2.25. The number of hydrogen-bond acceptors (Lipinski definition) is 4. The Kier molecular flexibility index (Phi) is 4.69. The predicted molar refractivity (Wildman–Crippen MR) is 60.5 cm³/mol. The summed E-state index contributed by atoms with van der Waals surface area (Å²) in [4.78, 5) is 11.3. The van der Waals surface area contributed by atoms with E-state index in [9.17, 15) is 9.90 Å². The first-order valence-corrected chi connectivity index (χ1v) is 4.93. The second-order valence-corrected chi connectivity index (χ2v) is 3.30. The first-order valence-electron chi connectivity index (χ1n) is 4.93. The summed E-state index contributed by atoms with van der Waals surface area (Å²) < 4.78 is 4.71. The number of hydrogen-bond donors (Lipinski definition) is 2. The minimum absolute atomic E-state index is 0.0669. The fourth-order valence-electron chi connectivity index (χ4n) is 1.23. The molecule has 0 amide bonds. The van der Waals surface area contributed by atoms with Gasteiger partial charge in [0, 0.05) is 0 Å². The highest BCUT2D eigenvalue weighted by atomic mass is 16.5. The highest BCUT2D eigenvalue weighted by Crippen LogP contribution is 2.14. The van der Waals surface area contributed by atoms with Crippen molar-refractivity contribution in [2.75, 3.05) is 6.61 Å². The number of nitrogens with two attached hydrogens (primary N) is 1. The van der Waals surface area contributed by atoms with E-state index >= 15 is 0 Å². The highest BCUT2D eigenvalue weighted by molar-refractivity contribution is 5.75. The van der Waals surface area contributed by atoms with Gasteiger partial charge in [-0.15, -0.1) is 0 Å². The van der Waals surface area contributed by atoms with Gasteiger partial charge in [-0.25, -0.2) is 4.79 Å². The number of aliphatic hydroxyl groups excluding tert-OH is 1. The molecule has 0 aliphatic carbocycles. The molecule has 16 heavy (non-hydrogen) atoms. The summed E-state index contributed by atoms with van der Waals surface area (Å²) >= 11 is 0. The molecule has 1 rings (SSSR count). The molecule has 4 heteroatoms. The van der Waals surface area contributed by atoms with Crippen LogP contribution in [0.25, 0.3) is 0 Å². The van der Waals surface area contributed by atoms with Crippen molar-refractivity contribution in [2.24, 2.45) is 5.73 Å². The molecule has 0 bridgehead atoms. The van der Waals surface area contributed by atoms with Crippen LogP contribution in [-0.2, 0) is 9.53 Å². The summed E-state index contributed by atoms with van der Waals surface area (Å²) in [6.07, 6.45) is 0.0703. The topological polar surface area (TPSA) is 72.5 Å². The molecular weight excluding hydrogens is 206 g/mol. The lowest BCUT2D eigenvalue weighted by molar-refractivity contribution is -0.153. The Morgan fingerprint density at radius 2 is 2.12 bits per heavy atom. The molecule has 0 aliphatic rings. The van der Waals surface area contributed by atoms with Crippen LogP contribution in [-0.4, -0.2) is 23.8 Å². The Balaban J connectivity index is 2.63. The van der Waals surface area contributed by atoms with Crippen molar-refractivity contribution in [2.45, 2.75) is 12.1 Å². The van der Waals surface area contributed by atoms with Gasteiger partial charge in [-0.3, -0.25) is 0 Å². The van der Waals surface area contributed by atoms with Crippen LogP contribution in [0.15, 0.2) is 43.0 Å². The van der Waals surface area contributed by atoms with Gasteiger partial charge in [0.2, 0.25) is 0 Å². The molecule has 2 atom stereocenters. The molecule has 0 spiro atoms. The lowest BCUT2D eigenvalue weighted by Gasteiger charge is -2.17. The second kappa shape index (κ2) is 6.05. The lowest BCUT2D eigenvalue weighted by Crippen LogP contribution is -2.34. The van der Waals surface area contributed by atoms with E-state index in [0.717, 1.165) is 0 Å². The maximum Gasteiger partial charge on any atom is 0.337 e. The molecule has 0 aromatic heterocycles. The largest absolute Gasteiger partial charge is 0.459 e. The van der Waals surface area contributed by atoms with Gasteiger partial charge < -0.3 is 15.6 Å². The third-order valence-electron chi connectivity index (χ3n) is 2.11. The standard InChI is InChI=1S/C12H15NO3/c1-2-8-16-12(15)11(14)10(13)9-6-4-3-5-7-9/h2-7,10-11,14H,1,8,13H2/t10-,11?/m1/s1. The third-order valence-corrected chi connectivity index (χ3v) is 2.11. The van der Waals surface area contributed by atoms with Crippen molar-refractivity contribution in [1.29, 1.82) is 0 Å². The van der Waals surface area contributed by atoms with Crippen LogP contribution in [0, 0.1) is 0 Å². The molecule has 0 fully saturated rings. The van der Waals surface area contributed by atoms with Crippen molar-refractivity contribution >= 4 is 5.97 Å². The molecule has 0 saturated carbocycles. The quantitative estimate of drug-likeness (QED) is 0.569. The Bertz CT molecular complexity index is 351. The Hall–Kier alpha value is -1.65. The summed E-state index contributed by atoms with van der Waals surface area (Å²) in [6.45, 7) is 3.47. The van der Waals surface area contributed by atoms with E-state index in [1.165, 1.54) is 6.08 Å². The molecule has 3 N–H and O–H groups in total. The van der Waals surface area contributed by atoms with E-state index in [0.29, 0.717) is 5.56 Å². The molecule has 4 nitrogen and oxygen atoms in total. The average Bonchev–Trinajstić information content (AvgIpc) is 2.35. The third kappa shape index (κ3) is 3.18. The van der Waals surface area contributed by atoms with Crippen molar-refractivity contribution in [3.63, 3.8) is 0 Å². The van der Waals surface area contributed by atoms with Gasteiger partial charge >= 0.3 is 5.97 Å². The average molecular weight is 221 g/mol. The lowest BCUT2D eigenvalue weighted by atomic mass is 10.0. The number of rotatable bonds is 5. The zero-order chi connectivity index (χ0) is 12.0. The van der Waals surface area contributed by atoms with E-state index in [2.05, 4.69) is 6.58 Å². The zero-order valence-corrected chi connectivity index (χ0v) is 8.87. The van der Waals surface area contributed by atoms with E-state index in [1.807, 2.05) is 6.07 Å². The number of esters is 1. The number of carbonyl (C=O) groups excluding carboxylic acids is 1. The molecule has 0 heterocycles. The fourth-order valence-corrected chi connectivity index (χ4v) is 1.23. The monoisotopic (exact) mass is 221 g/mol. The van der Waals surface area contributed by atoms with Gasteiger partial charge in [-0.2, -0.15) is 0 Å². The molecule has 1 aromatic carbocycles. The maximum absolute atomic E-state index is 11.3. The van der Waals surface area contributed by atoms with Crippen LogP contribution in [0.2, 0.25) is 0 Å². The van der Waals surface area contributed by atoms with Crippen LogP contribution in [0.4, 0.5) is 0 Å². The zero-order valence-electron chi connectivity index (χ0n) is 8.87. The Morgan fingerprint density at radius 3 is 2.69 bits per heavy atom. The van der Waals surface area contributed by atoms with Gasteiger partial charge in [0.1, 0.15) is 6.61 Å². The van der Waals surface area contributed by atoms with Gasteiger partial charge in [0.25, 0.3) is 0 Å². The number of ether oxygens (including phenoxy) is 1. The Morgan fingerprint density at radius 1 is 1.50 bits per heavy atom. The summed E-state index contributed by atoms with van der Waals surface area (Å²) in [5, 5.41) is 9.63. The summed E-state index contributed by atoms with van der Waals surface area (Å²) in [6, 6.07) is 8.12. The smallest absolute Gasteiger partial charge is 0.337 e. The summed E-state index contributed by atoms with van der Waals surface area (Å²) in [5.41, 5.74) is 6.42. The molecule has 0 radical (unpaired) electrons. The van der Waals surface area contributed by atoms with E-state index < -0.39 is 18.1 Å². The molecule has 0 saturated heterocycles. The van der Waals surface area contributed by atoms with Crippen LogP contribution in [0.3, 0.4) is 0 Å². The van der Waals surface area contributed by atoms with Gasteiger partial charge in [0.15, 0.2) is 6.10 Å². The number of carbonyl (C=O) groups is 1. The van der Waals surface area contributed by atoms with Crippen molar-refractivity contribution in [3.8, 4) is 0 Å². The minimum Gasteiger partial charge on any atom is -0.459 e. The van der Waals surface area contributed by atoms with Crippen LogP contribution in [0.5, 0.6) is 0 Å². The van der Waals surface area contributed by atoms with Crippen molar-refractivity contribution in [1.82, 2.24) is 0 Å². The number of aliphatic hydroxyl groups is 1. The van der Waals surface area contributed by atoms with Gasteiger partial charge in [-0.1, -0.05) is 43.0 Å². The molecule has 1 aromatic rings. The van der Waals surface area contributed by atoms with E-state index in [4.69, 9.17) is 10.5 Å². The summed E-state index contributed by atoms with van der Waals surface area (Å²) in [7, 11) is 0. The molecule has 1 unspecified atom stereocenters. The minimum atomic E-state index is -1.36. The van der Waals surface area contributed by atoms with Gasteiger partial charge in [-0.05, 0) is 5.56 Å². The van der Waals surface area contributed by atoms with Crippen LogP contribution in [0.1, 0.15) is 11.6 Å². The molecule has 0 aliphatic heterocycles. The SMILES string of the molecule is C=CCOC(=O)C(O)[C@H](N)c1ccccc1. The summed E-state index contributed by atoms with van der Waals surface area (Å²) in [5.74, 6) is -0.740. The van der Waals surface area contributed by atoms with Gasteiger partial charge in [0.05, 0.1) is 6.04 Å².